The average molecular weight is 287 g/mol. The summed E-state index contributed by atoms with van der Waals surface area (Å²) >= 11 is 6.05. The molecule has 0 radical (unpaired) electrons. The molecule has 1 rings (SSSR count). The Balaban J connectivity index is 2.78. The van der Waals surface area contributed by atoms with Gasteiger partial charge in [0.15, 0.2) is 0 Å². The van der Waals surface area contributed by atoms with Gasteiger partial charge in [-0.1, -0.05) is 24.6 Å². The third-order valence-electron chi connectivity index (χ3n) is 2.89. The number of nitrogens with zero attached hydrogens (tertiary/aromatic N) is 1. The predicted molar refractivity (Wildman–Crippen MR) is 75.8 cm³/mol. The molecule has 5 nitrogen and oxygen atoms in total. The summed E-state index contributed by atoms with van der Waals surface area (Å²) in [5, 5.41) is 14.7. The number of nitro groups is 1. The fourth-order valence-electron chi connectivity index (χ4n) is 2.02. The standard InChI is InChI=1S/C13H19ClN2O3/c1-3-15-10(9-19-2)7-8-11-12(14)5-4-6-13(11)16(17)18/h4-6,10,15H,3,7-9H2,1-2H3. The van der Waals surface area contributed by atoms with Crippen molar-refractivity contribution in [2.75, 3.05) is 20.3 Å². The second kappa shape index (κ2) is 8.09. The number of hydrogen-bond acceptors (Lipinski definition) is 4. The summed E-state index contributed by atoms with van der Waals surface area (Å²) in [6.07, 6.45) is 1.29. The molecule has 0 aromatic heterocycles. The van der Waals surface area contributed by atoms with Gasteiger partial charge in [-0.15, -0.1) is 0 Å². The second-order valence-electron chi connectivity index (χ2n) is 4.24. The second-order valence-corrected chi connectivity index (χ2v) is 4.65. The summed E-state index contributed by atoms with van der Waals surface area (Å²) in [6.45, 7) is 3.42. The minimum absolute atomic E-state index is 0.0835. The van der Waals surface area contributed by atoms with E-state index in [0.29, 0.717) is 23.6 Å². The van der Waals surface area contributed by atoms with E-state index in [1.165, 1.54) is 6.07 Å². The van der Waals surface area contributed by atoms with Crippen LogP contribution in [-0.4, -0.2) is 31.2 Å². The van der Waals surface area contributed by atoms with Crippen LogP contribution in [0.15, 0.2) is 18.2 Å². The van der Waals surface area contributed by atoms with Crippen LogP contribution >= 0.6 is 11.6 Å². The monoisotopic (exact) mass is 286 g/mol. The average Bonchev–Trinajstić information content (AvgIpc) is 2.37. The third kappa shape index (κ3) is 4.78. The highest BCUT2D eigenvalue weighted by atomic mass is 35.5. The van der Waals surface area contributed by atoms with Gasteiger partial charge in [-0.2, -0.15) is 0 Å². The largest absolute Gasteiger partial charge is 0.383 e. The normalized spacial score (nSPS) is 12.4. The summed E-state index contributed by atoms with van der Waals surface area (Å²) < 4.78 is 5.12. The Morgan fingerprint density at radius 2 is 2.26 bits per heavy atom. The summed E-state index contributed by atoms with van der Waals surface area (Å²) in [5.41, 5.74) is 0.674. The Morgan fingerprint density at radius 1 is 1.53 bits per heavy atom. The van der Waals surface area contributed by atoms with Crippen LogP contribution in [0.3, 0.4) is 0 Å². The topological polar surface area (TPSA) is 64.4 Å². The first-order valence-electron chi connectivity index (χ1n) is 6.24. The van der Waals surface area contributed by atoms with E-state index in [4.69, 9.17) is 16.3 Å². The van der Waals surface area contributed by atoms with Crippen molar-refractivity contribution in [1.29, 1.82) is 0 Å². The van der Waals surface area contributed by atoms with Crippen molar-refractivity contribution in [2.24, 2.45) is 0 Å². The number of ether oxygens (including phenoxy) is 1. The van der Waals surface area contributed by atoms with E-state index in [0.717, 1.165) is 13.0 Å². The van der Waals surface area contributed by atoms with Crippen molar-refractivity contribution < 1.29 is 9.66 Å². The molecule has 0 heterocycles. The van der Waals surface area contributed by atoms with E-state index in [1.807, 2.05) is 6.92 Å². The lowest BCUT2D eigenvalue weighted by molar-refractivity contribution is -0.385. The molecule has 0 aliphatic carbocycles. The molecule has 1 atom stereocenters. The minimum Gasteiger partial charge on any atom is -0.383 e. The Bertz CT molecular complexity index is 420. The lowest BCUT2D eigenvalue weighted by Gasteiger charge is -2.17. The van der Waals surface area contributed by atoms with Crippen LogP contribution in [0, 0.1) is 10.1 Å². The Kier molecular flexibility index (Phi) is 6.77. The number of hydrogen-bond donors (Lipinski definition) is 1. The molecule has 0 fully saturated rings. The zero-order valence-corrected chi connectivity index (χ0v) is 11.9. The number of nitrogens with one attached hydrogen (secondary N) is 1. The van der Waals surface area contributed by atoms with Gasteiger partial charge in [-0.25, -0.2) is 0 Å². The van der Waals surface area contributed by atoms with Gasteiger partial charge in [-0.3, -0.25) is 10.1 Å². The maximum atomic E-state index is 11.0. The molecule has 1 N–H and O–H groups in total. The van der Waals surface area contributed by atoms with Crippen molar-refractivity contribution in [1.82, 2.24) is 5.32 Å². The molecule has 0 saturated heterocycles. The van der Waals surface area contributed by atoms with Crippen molar-refractivity contribution >= 4 is 17.3 Å². The summed E-state index contributed by atoms with van der Waals surface area (Å²) in [7, 11) is 1.64. The fraction of sp³-hybridized carbons (Fsp3) is 0.538. The molecule has 0 aliphatic rings. The number of rotatable bonds is 8. The van der Waals surface area contributed by atoms with Crippen LogP contribution in [0.1, 0.15) is 18.9 Å². The number of likely N-dealkylation sites (N-methyl/N-ethyl adjacent to an activating group) is 1. The molecule has 1 aromatic rings. The van der Waals surface area contributed by atoms with E-state index >= 15 is 0 Å². The first kappa shape index (κ1) is 15.9. The Hall–Kier alpha value is -1.17. The van der Waals surface area contributed by atoms with Gasteiger partial charge in [-0.05, 0) is 25.5 Å². The van der Waals surface area contributed by atoms with Gasteiger partial charge in [0.05, 0.1) is 16.6 Å². The molecular weight excluding hydrogens is 268 g/mol. The van der Waals surface area contributed by atoms with Crippen LogP contribution in [-0.2, 0) is 11.2 Å². The number of nitro benzene ring substituents is 1. The van der Waals surface area contributed by atoms with E-state index in [-0.39, 0.29) is 16.7 Å². The van der Waals surface area contributed by atoms with Crippen molar-refractivity contribution in [3.8, 4) is 0 Å². The molecule has 0 bridgehead atoms. The van der Waals surface area contributed by atoms with E-state index in [1.54, 1.807) is 19.2 Å². The highest BCUT2D eigenvalue weighted by Gasteiger charge is 2.18. The number of methoxy groups -OCH3 is 1. The van der Waals surface area contributed by atoms with Crippen LogP contribution in [0.25, 0.3) is 0 Å². The van der Waals surface area contributed by atoms with Crippen LogP contribution < -0.4 is 5.32 Å². The third-order valence-corrected chi connectivity index (χ3v) is 3.25. The van der Waals surface area contributed by atoms with Crippen LogP contribution in [0.2, 0.25) is 5.02 Å². The molecule has 0 amide bonds. The Labute approximate surface area is 118 Å². The van der Waals surface area contributed by atoms with Crippen LogP contribution in [0.5, 0.6) is 0 Å². The van der Waals surface area contributed by atoms with Gasteiger partial charge in [0.25, 0.3) is 5.69 Å². The van der Waals surface area contributed by atoms with Crippen LogP contribution in [0.4, 0.5) is 5.69 Å². The molecule has 6 heteroatoms. The summed E-state index contributed by atoms with van der Waals surface area (Å²) in [6, 6.07) is 4.94. The molecule has 19 heavy (non-hydrogen) atoms. The first-order valence-corrected chi connectivity index (χ1v) is 6.62. The van der Waals surface area contributed by atoms with E-state index < -0.39 is 0 Å². The predicted octanol–water partition coefficient (Wildman–Crippen LogP) is 2.81. The SMILES string of the molecule is CCNC(CCc1c(Cl)cccc1[N+](=O)[O-])COC. The lowest BCUT2D eigenvalue weighted by Crippen LogP contribution is -2.33. The zero-order chi connectivity index (χ0) is 14.3. The number of halogens is 1. The highest BCUT2D eigenvalue weighted by molar-refractivity contribution is 6.31. The molecule has 0 spiro atoms. The van der Waals surface area contributed by atoms with Crippen molar-refractivity contribution in [3.63, 3.8) is 0 Å². The molecule has 0 aliphatic heterocycles. The maximum absolute atomic E-state index is 11.0. The van der Waals surface area contributed by atoms with Crippen molar-refractivity contribution in [2.45, 2.75) is 25.8 Å². The maximum Gasteiger partial charge on any atom is 0.274 e. The van der Waals surface area contributed by atoms with Gasteiger partial charge in [0.2, 0.25) is 0 Å². The highest BCUT2D eigenvalue weighted by Crippen LogP contribution is 2.27. The van der Waals surface area contributed by atoms with E-state index in [2.05, 4.69) is 5.32 Å². The molecule has 1 unspecified atom stereocenters. The Morgan fingerprint density at radius 3 is 2.84 bits per heavy atom. The summed E-state index contributed by atoms with van der Waals surface area (Å²) in [5.74, 6) is 0. The first-order chi connectivity index (χ1) is 9.10. The smallest absolute Gasteiger partial charge is 0.274 e. The zero-order valence-electron chi connectivity index (χ0n) is 11.2. The molecule has 1 aromatic carbocycles. The minimum atomic E-state index is -0.389. The van der Waals surface area contributed by atoms with Crippen molar-refractivity contribution in [3.05, 3.63) is 38.9 Å². The summed E-state index contributed by atoms with van der Waals surface area (Å²) in [4.78, 5) is 10.6. The number of benzene rings is 1. The lowest BCUT2D eigenvalue weighted by atomic mass is 10.0. The molecule has 0 saturated carbocycles. The van der Waals surface area contributed by atoms with Gasteiger partial charge in [0.1, 0.15) is 0 Å². The fourth-order valence-corrected chi connectivity index (χ4v) is 2.28. The van der Waals surface area contributed by atoms with Gasteiger partial charge >= 0.3 is 0 Å². The van der Waals surface area contributed by atoms with Gasteiger partial charge in [0, 0.05) is 24.8 Å². The quantitative estimate of drug-likeness (QED) is 0.589. The van der Waals surface area contributed by atoms with E-state index in [9.17, 15) is 10.1 Å². The van der Waals surface area contributed by atoms with Gasteiger partial charge < -0.3 is 10.1 Å². The molecular formula is C13H19ClN2O3. The molecule has 106 valence electrons.